The van der Waals surface area contributed by atoms with Crippen LogP contribution < -0.4 is 0 Å². The molecule has 1 aromatic heterocycles. The molecule has 1 aromatic carbocycles. The highest BCUT2D eigenvalue weighted by molar-refractivity contribution is 6.02. The molecule has 3 nitrogen and oxygen atoms in total. The summed E-state index contributed by atoms with van der Waals surface area (Å²) in [6.07, 6.45) is 9.88. The highest BCUT2D eigenvalue weighted by atomic mass is 15.1. The number of allylic oxidation sites excluding steroid dienone is 1. The van der Waals surface area contributed by atoms with E-state index >= 15 is 0 Å². The molecular formula is C19H19N3. The number of fused-ring (bicyclic) bond motifs is 4. The molecular weight excluding hydrogens is 270 g/mol. The van der Waals surface area contributed by atoms with Crippen molar-refractivity contribution in [2.75, 3.05) is 0 Å². The molecule has 5 rings (SSSR count). The molecule has 2 aromatic rings. The van der Waals surface area contributed by atoms with Crippen LogP contribution in [0.25, 0.3) is 11.3 Å². The highest BCUT2D eigenvalue weighted by Gasteiger charge is 2.37. The number of rotatable bonds is 1. The maximum atomic E-state index is 4.76. The van der Waals surface area contributed by atoms with Crippen molar-refractivity contribution in [2.45, 2.75) is 38.3 Å². The van der Waals surface area contributed by atoms with Gasteiger partial charge in [0.1, 0.15) is 0 Å². The normalized spacial score (nSPS) is 28.7. The van der Waals surface area contributed by atoms with Crippen molar-refractivity contribution in [3.05, 3.63) is 54.0 Å². The number of nitrogens with zero attached hydrogens (tertiary/aromatic N) is 3. The highest BCUT2D eigenvalue weighted by Crippen LogP contribution is 2.47. The van der Waals surface area contributed by atoms with Crippen LogP contribution >= 0.6 is 0 Å². The molecule has 0 saturated heterocycles. The molecule has 1 saturated carbocycles. The van der Waals surface area contributed by atoms with Crippen LogP contribution in [-0.4, -0.2) is 21.3 Å². The van der Waals surface area contributed by atoms with Gasteiger partial charge < -0.3 is 4.57 Å². The molecule has 3 heterocycles. The Morgan fingerprint density at radius 2 is 2.14 bits per heavy atom. The van der Waals surface area contributed by atoms with Crippen LogP contribution in [0.3, 0.4) is 0 Å². The van der Waals surface area contributed by atoms with Crippen LogP contribution in [0.5, 0.6) is 0 Å². The summed E-state index contributed by atoms with van der Waals surface area (Å²) in [5.74, 6) is 0.645. The third kappa shape index (κ3) is 1.62. The Kier molecular flexibility index (Phi) is 2.49. The van der Waals surface area contributed by atoms with E-state index in [4.69, 9.17) is 4.99 Å². The lowest BCUT2D eigenvalue weighted by Crippen LogP contribution is -2.24. The SMILES string of the molecule is CC1C=C2CC(C3c4ccccc4-c4cncn43)CCC2=N1. The van der Waals surface area contributed by atoms with Crippen LogP contribution in [0.15, 0.2) is 53.4 Å². The second kappa shape index (κ2) is 4.42. The number of aliphatic imine (C=N–C) groups is 1. The molecule has 0 amide bonds. The summed E-state index contributed by atoms with van der Waals surface area (Å²) < 4.78 is 2.39. The van der Waals surface area contributed by atoms with Crippen LogP contribution in [0.4, 0.5) is 0 Å². The largest absolute Gasteiger partial charge is 0.323 e. The van der Waals surface area contributed by atoms with E-state index in [2.05, 4.69) is 46.8 Å². The van der Waals surface area contributed by atoms with Gasteiger partial charge in [-0.3, -0.25) is 4.99 Å². The number of hydrogen-bond donors (Lipinski definition) is 0. The maximum absolute atomic E-state index is 4.76. The minimum atomic E-state index is 0.378. The van der Waals surface area contributed by atoms with E-state index in [0.29, 0.717) is 18.0 Å². The second-order valence-electron chi connectivity index (χ2n) is 6.73. The van der Waals surface area contributed by atoms with Crippen LogP contribution in [0.2, 0.25) is 0 Å². The molecule has 1 fully saturated rings. The number of aromatic nitrogens is 2. The molecule has 3 aliphatic rings. The Hall–Kier alpha value is -2.16. The van der Waals surface area contributed by atoms with Crippen LogP contribution in [0.1, 0.15) is 37.8 Å². The summed E-state index contributed by atoms with van der Waals surface area (Å²) in [5.41, 5.74) is 6.96. The van der Waals surface area contributed by atoms with Gasteiger partial charge in [0.25, 0.3) is 0 Å². The van der Waals surface area contributed by atoms with Gasteiger partial charge in [-0.1, -0.05) is 30.3 Å². The Morgan fingerprint density at radius 1 is 1.23 bits per heavy atom. The summed E-state index contributed by atoms with van der Waals surface area (Å²) in [6, 6.07) is 9.64. The van der Waals surface area contributed by atoms with Crippen molar-refractivity contribution < 1.29 is 0 Å². The van der Waals surface area contributed by atoms with Gasteiger partial charge in [0.2, 0.25) is 0 Å². The van der Waals surface area contributed by atoms with Crippen molar-refractivity contribution in [2.24, 2.45) is 10.9 Å². The zero-order chi connectivity index (χ0) is 14.7. The number of hydrogen-bond acceptors (Lipinski definition) is 2. The molecule has 0 N–H and O–H groups in total. The average Bonchev–Trinajstić information content (AvgIpc) is 3.18. The Bertz CT molecular complexity index is 812. The molecule has 3 unspecified atom stereocenters. The molecule has 22 heavy (non-hydrogen) atoms. The minimum absolute atomic E-state index is 0.378. The molecule has 0 spiro atoms. The third-order valence-corrected chi connectivity index (χ3v) is 5.37. The summed E-state index contributed by atoms with van der Waals surface area (Å²) in [4.78, 5) is 9.15. The quantitative estimate of drug-likeness (QED) is 0.779. The van der Waals surface area contributed by atoms with Gasteiger partial charge in [0.05, 0.1) is 30.3 Å². The van der Waals surface area contributed by atoms with E-state index in [0.717, 1.165) is 12.8 Å². The molecule has 0 radical (unpaired) electrons. The molecule has 110 valence electrons. The van der Waals surface area contributed by atoms with Crippen LogP contribution in [-0.2, 0) is 0 Å². The van der Waals surface area contributed by atoms with E-state index in [-0.39, 0.29) is 0 Å². The predicted molar refractivity (Wildman–Crippen MR) is 88.1 cm³/mol. The average molecular weight is 289 g/mol. The Morgan fingerprint density at radius 3 is 3.09 bits per heavy atom. The zero-order valence-corrected chi connectivity index (χ0v) is 12.7. The topological polar surface area (TPSA) is 30.2 Å². The minimum Gasteiger partial charge on any atom is -0.323 e. The van der Waals surface area contributed by atoms with Gasteiger partial charge in [0, 0.05) is 11.3 Å². The lowest BCUT2D eigenvalue weighted by atomic mass is 9.78. The number of imidazole rings is 1. The third-order valence-electron chi connectivity index (χ3n) is 5.37. The molecule has 2 aliphatic heterocycles. The van der Waals surface area contributed by atoms with E-state index in [1.165, 1.54) is 34.5 Å². The van der Waals surface area contributed by atoms with Crippen molar-refractivity contribution in [1.29, 1.82) is 0 Å². The summed E-state index contributed by atoms with van der Waals surface area (Å²) in [7, 11) is 0. The fourth-order valence-electron chi connectivity index (χ4n) is 4.49. The first kappa shape index (κ1) is 12.4. The van der Waals surface area contributed by atoms with Crippen molar-refractivity contribution in [3.8, 4) is 11.3 Å². The predicted octanol–water partition coefficient (Wildman–Crippen LogP) is 4.02. The monoisotopic (exact) mass is 289 g/mol. The van der Waals surface area contributed by atoms with Crippen molar-refractivity contribution in [1.82, 2.24) is 9.55 Å². The fraction of sp³-hybridized carbons (Fsp3) is 0.368. The van der Waals surface area contributed by atoms with E-state index in [1.54, 1.807) is 0 Å². The van der Waals surface area contributed by atoms with Crippen molar-refractivity contribution >= 4 is 5.71 Å². The Labute approximate surface area is 130 Å². The lowest BCUT2D eigenvalue weighted by molar-refractivity contribution is 0.360. The van der Waals surface area contributed by atoms with E-state index in [1.807, 2.05) is 12.5 Å². The van der Waals surface area contributed by atoms with Crippen molar-refractivity contribution in [3.63, 3.8) is 0 Å². The van der Waals surface area contributed by atoms with E-state index < -0.39 is 0 Å². The van der Waals surface area contributed by atoms with Gasteiger partial charge in [0.15, 0.2) is 0 Å². The summed E-state index contributed by atoms with van der Waals surface area (Å²) in [5, 5.41) is 0. The van der Waals surface area contributed by atoms with Gasteiger partial charge in [-0.15, -0.1) is 0 Å². The van der Waals surface area contributed by atoms with Crippen LogP contribution in [0, 0.1) is 5.92 Å². The molecule has 3 heteroatoms. The summed E-state index contributed by atoms with van der Waals surface area (Å²) in [6.45, 7) is 2.19. The molecule has 1 aliphatic carbocycles. The van der Waals surface area contributed by atoms with Gasteiger partial charge in [-0.25, -0.2) is 4.98 Å². The van der Waals surface area contributed by atoms with E-state index in [9.17, 15) is 0 Å². The van der Waals surface area contributed by atoms with Gasteiger partial charge in [-0.05, 0) is 43.2 Å². The lowest BCUT2D eigenvalue weighted by Gasteiger charge is -2.30. The summed E-state index contributed by atoms with van der Waals surface area (Å²) >= 11 is 0. The first-order chi connectivity index (χ1) is 10.8. The molecule has 0 bridgehead atoms. The standard InChI is InChI=1S/C19H19N3/c1-12-8-14-9-13(6-7-17(14)21-12)19-16-5-3-2-4-15(16)18-10-20-11-22(18)19/h2-5,8,10-13,19H,6-7,9H2,1H3. The smallest absolute Gasteiger partial charge is 0.0956 e. The first-order valence-electron chi connectivity index (χ1n) is 8.20. The maximum Gasteiger partial charge on any atom is 0.0956 e. The van der Waals surface area contributed by atoms with Gasteiger partial charge in [-0.2, -0.15) is 0 Å². The fourth-order valence-corrected chi connectivity index (χ4v) is 4.49. The first-order valence-corrected chi connectivity index (χ1v) is 8.20. The second-order valence-corrected chi connectivity index (χ2v) is 6.73. The Balaban J connectivity index is 1.57. The molecule has 3 atom stereocenters. The number of benzene rings is 1. The van der Waals surface area contributed by atoms with Gasteiger partial charge >= 0.3 is 0 Å². The zero-order valence-electron chi connectivity index (χ0n) is 12.7.